The van der Waals surface area contributed by atoms with Gasteiger partial charge in [0.05, 0.1) is 13.3 Å². The average molecular weight is 437 g/mol. The maximum absolute atomic E-state index is 12.6. The molecule has 0 unspecified atom stereocenters. The molecule has 3 aromatic rings. The number of amides is 1. The fraction of sp³-hybridized carbons (Fsp3) is 0.208. The van der Waals surface area contributed by atoms with Gasteiger partial charge in [0.2, 0.25) is 11.3 Å². The number of aryl methyl sites for hydroxylation is 1. The van der Waals surface area contributed by atoms with Crippen LogP contribution < -0.4 is 15.5 Å². The predicted molar refractivity (Wildman–Crippen MR) is 123 cm³/mol. The van der Waals surface area contributed by atoms with E-state index in [0.717, 1.165) is 10.6 Å². The van der Waals surface area contributed by atoms with Crippen LogP contribution in [0.4, 0.5) is 5.69 Å². The smallest absolute Gasteiger partial charge is 0.244 e. The minimum Gasteiger partial charge on any atom is -0.491 e. The molecular weight excluding hydrogens is 412 g/mol. The third-order valence-electron chi connectivity index (χ3n) is 4.70. The Kier molecular flexibility index (Phi) is 7.31. The van der Waals surface area contributed by atoms with Gasteiger partial charge in [-0.1, -0.05) is 17.7 Å². The third kappa shape index (κ3) is 6.08. The minimum atomic E-state index is -0.247. The molecule has 1 heterocycles. The van der Waals surface area contributed by atoms with E-state index in [2.05, 4.69) is 5.32 Å². The van der Waals surface area contributed by atoms with E-state index in [1.807, 2.05) is 31.2 Å². The van der Waals surface area contributed by atoms with Crippen LogP contribution in [0.3, 0.4) is 0 Å². The number of Topliss-reactive ketones (excluding diaryl/α,β-unsaturated/α-hetero) is 1. The van der Waals surface area contributed by atoms with Gasteiger partial charge in [-0.2, -0.15) is 0 Å². The summed E-state index contributed by atoms with van der Waals surface area (Å²) in [5, 5.41) is 2.82. The molecule has 160 valence electrons. The van der Waals surface area contributed by atoms with Gasteiger partial charge in [-0.15, -0.1) is 11.8 Å². The average Bonchev–Trinajstić information content (AvgIpc) is 2.75. The number of carbonyl (C=O) groups excluding carboxylic acids is 2. The highest BCUT2D eigenvalue weighted by atomic mass is 32.2. The van der Waals surface area contributed by atoms with Crippen LogP contribution in [-0.2, 0) is 17.1 Å². The molecule has 1 amide bonds. The van der Waals surface area contributed by atoms with Crippen molar-refractivity contribution in [2.75, 3.05) is 12.4 Å². The number of ketones is 1. The summed E-state index contributed by atoms with van der Waals surface area (Å²) in [5.74, 6) is 0.433. The van der Waals surface area contributed by atoms with Gasteiger partial charge < -0.3 is 14.6 Å². The van der Waals surface area contributed by atoms with Crippen LogP contribution >= 0.6 is 11.8 Å². The van der Waals surface area contributed by atoms with Crippen molar-refractivity contribution < 1.29 is 14.3 Å². The summed E-state index contributed by atoms with van der Waals surface area (Å²) in [4.78, 5) is 37.4. The van der Waals surface area contributed by atoms with Crippen LogP contribution in [0.25, 0.3) is 0 Å². The Morgan fingerprint density at radius 1 is 1.06 bits per heavy atom. The summed E-state index contributed by atoms with van der Waals surface area (Å²) in [6.07, 6.45) is 1.56. The van der Waals surface area contributed by atoms with Crippen molar-refractivity contribution in [1.82, 2.24) is 4.57 Å². The number of pyridine rings is 1. The van der Waals surface area contributed by atoms with Crippen molar-refractivity contribution in [1.29, 1.82) is 0 Å². The normalized spacial score (nSPS) is 10.5. The molecule has 0 spiro atoms. The van der Waals surface area contributed by atoms with Gasteiger partial charge in [-0.05, 0) is 50.2 Å². The Labute approximate surface area is 185 Å². The number of methoxy groups -OCH3 is 1. The van der Waals surface area contributed by atoms with Gasteiger partial charge in [0.15, 0.2) is 11.5 Å². The maximum atomic E-state index is 12.6. The first-order chi connectivity index (χ1) is 14.9. The number of carbonyl (C=O) groups is 2. The quantitative estimate of drug-likeness (QED) is 0.421. The first kappa shape index (κ1) is 22.4. The number of ether oxygens (including phenoxy) is 1. The molecule has 0 saturated heterocycles. The number of nitrogens with zero attached hydrogens (tertiary/aromatic N) is 1. The SMILES string of the molecule is COc1cn(CC(=O)Nc2ccc(C(C)=O)cc2)c(CSc2ccc(C)cc2)cc1=O. The van der Waals surface area contributed by atoms with Crippen LogP contribution in [0.5, 0.6) is 5.75 Å². The third-order valence-corrected chi connectivity index (χ3v) is 5.74. The molecule has 7 heteroatoms. The molecule has 6 nitrogen and oxygen atoms in total. The van der Waals surface area contributed by atoms with Gasteiger partial charge >= 0.3 is 0 Å². The highest BCUT2D eigenvalue weighted by Crippen LogP contribution is 2.23. The number of hydrogen-bond acceptors (Lipinski definition) is 5. The second-order valence-electron chi connectivity index (χ2n) is 7.11. The second-order valence-corrected chi connectivity index (χ2v) is 8.16. The topological polar surface area (TPSA) is 77.4 Å². The number of aromatic nitrogens is 1. The number of rotatable bonds is 8. The fourth-order valence-corrected chi connectivity index (χ4v) is 3.85. The zero-order valence-corrected chi connectivity index (χ0v) is 18.5. The molecule has 31 heavy (non-hydrogen) atoms. The lowest BCUT2D eigenvalue weighted by Gasteiger charge is -2.15. The summed E-state index contributed by atoms with van der Waals surface area (Å²) in [5.41, 5.74) is 2.85. The number of thioether (sulfide) groups is 1. The standard InChI is InChI=1S/C24H24N2O4S/c1-16-4-10-21(11-5-16)31-15-20-12-22(28)23(30-3)13-26(20)14-24(29)25-19-8-6-18(7-9-19)17(2)27/h4-13H,14-15H2,1-3H3,(H,25,29). The number of benzene rings is 2. The molecular formula is C24H24N2O4S. The van der Waals surface area contributed by atoms with Crippen LogP contribution in [-0.4, -0.2) is 23.4 Å². The Hall–Kier alpha value is -3.32. The van der Waals surface area contributed by atoms with Crippen LogP contribution in [0.15, 0.2) is 70.5 Å². The van der Waals surface area contributed by atoms with Crippen molar-refractivity contribution in [3.8, 4) is 5.75 Å². The molecule has 2 aromatic carbocycles. The number of hydrogen-bond donors (Lipinski definition) is 1. The predicted octanol–water partition coefficient (Wildman–Crippen LogP) is 4.30. The first-order valence-electron chi connectivity index (χ1n) is 9.73. The maximum Gasteiger partial charge on any atom is 0.244 e. The molecule has 0 aliphatic heterocycles. The summed E-state index contributed by atoms with van der Waals surface area (Å²) >= 11 is 1.59. The van der Waals surface area contributed by atoms with Gasteiger partial charge in [0.25, 0.3) is 0 Å². The molecule has 0 aliphatic carbocycles. The van der Waals surface area contributed by atoms with E-state index in [9.17, 15) is 14.4 Å². The van der Waals surface area contributed by atoms with Gasteiger partial charge in [0.1, 0.15) is 6.54 Å². The first-order valence-corrected chi connectivity index (χ1v) is 10.7. The largest absolute Gasteiger partial charge is 0.491 e. The van der Waals surface area contributed by atoms with E-state index in [-0.39, 0.29) is 29.4 Å². The highest BCUT2D eigenvalue weighted by Gasteiger charge is 2.12. The summed E-state index contributed by atoms with van der Waals surface area (Å²) in [7, 11) is 1.43. The molecule has 0 bridgehead atoms. The summed E-state index contributed by atoms with van der Waals surface area (Å²) in [6.45, 7) is 3.55. The van der Waals surface area contributed by atoms with E-state index in [1.54, 1.807) is 46.8 Å². The van der Waals surface area contributed by atoms with Gasteiger partial charge in [-0.3, -0.25) is 14.4 Å². The minimum absolute atomic E-state index is 0.0227. The van der Waals surface area contributed by atoms with E-state index < -0.39 is 0 Å². The number of nitrogens with one attached hydrogen (secondary N) is 1. The summed E-state index contributed by atoms with van der Waals surface area (Å²) < 4.78 is 6.87. The molecule has 0 aliphatic rings. The Bertz CT molecular complexity index is 1140. The lowest BCUT2D eigenvalue weighted by molar-refractivity contribution is -0.116. The monoisotopic (exact) mass is 436 g/mol. The fourth-order valence-electron chi connectivity index (χ4n) is 2.95. The second kappa shape index (κ2) is 10.1. The van der Waals surface area contributed by atoms with E-state index in [0.29, 0.717) is 17.0 Å². The molecule has 0 atom stereocenters. The van der Waals surface area contributed by atoms with Crippen molar-refractivity contribution in [2.45, 2.75) is 31.0 Å². The zero-order valence-electron chi connectivity index (χ0n) is 17.7. The lowest BCUT2D eigenvalue weighted by atomic mass is 10.1. The van der Waals surface area contributed by atoms with Crippen LogP contribution in [0.1, 0.15) is 28.5 Å². The van der Waals surface area contributed by atoms with E-state index >= 15 is 0 Å². The Morgan fingerprint density at radius 3 is 2.35 bits per heavy atom. The van der Waals surface area contributed by atoms with Crippen LogP contribution in [0, 0.1) is 6.92 Å². The van der Waals surface area contributed by atoms with Crippen molar-refractivity contribution in [2.24, 2.45) is 0 Å². The number of anilines is 1. The molecule has 1 aromatic heterocycles. The molecule has 3 rings (SSSR count). The van der Waals surface area contributed by atoms with Crippen molar-refractivity contribution in [3.63, 3.8) is 0 Å². The van der Waals surface area contributed by atoms with Crippen molar-refractivity contribution in [3.05, 3.63) is 87.8 Å². The zero-order chi connectivity index (χ0) is 22.4. The molecule has 0 saturated carbocycles. The Balaban J connectivity index is 1.76. The van der Waals surface area contributed by atoms with Gasteiger partial charge in [-0.25, -0.2) is 0 Å². The summed E-state index contributed by atoms with van der Waals surface area (Å²) in [6, 6.07) is 16.4. The molecule has 0 fully saturated rings. The van der Waals surface area contributed by atoms with E-state index in [4.69, 9.17) is 4.74 Å². The van der Waals surface area contributed by atoms with Crippen molar-refractivity contribution >= 4 is 29.1 Å². The molecule has 0 radical (unpaired) electrons. The lowest BCUT2D eigenvalue weighted by Crippen LogP contribution is -2.22. The van der Waals surface area contributed by atoms with Gasteiger partial charge in [0, 0.05) is 33.7 Å². The highest BCUT2D eigenvalue weighted by molar-refractivity contribution is 7.98. The Morgan fingerprint density at radius 2 is 1.74 bits per heavy atom. The molecule has 1 N–H and O–H groups in total. The van der Waals surface area contributed by atoms with E-state index in [1.165, 1.54) is 25.7 Å². The van der Waals surface area contributed by atoms with Crippen LogP contribution in [0.2, 0.25) is 0 Å².